The standard InChI is InChI=1S/C14H21N3O3/c1-4-17(11(3)7-13(18)19)14(20)16-9-12-5-6-15-8-10(12)2/h5-6,8,11H,4,7,9H2,1-3H3,(H,16,20)(H,18,19). The molecule has 0 aliphatic carbocycles. The Bertz CT molecular complexity index is 476. The van der Waals surface area contributed by atoms with Crippen LogP contribution in [0.1, 0.15) is 31.4 Å². The van der Waals surface area contributed by atoms with Gasteiger partial charge in [0.1, 0.15) is 0 Å². The number of urea groups is 1. The smallest absolute Gasteiger partial charge is 0.317 e. The SMILES string of the molecule is CCN(C(=O)NCc1ccncc1C)C(C)CC(=O)O. The number of carboxylic acids is 1. The van der Waals surface area contributed by atoms with Gasteiger partial charge in [0.25, 0.3) is 0 Å². The number of amides is 2. The maximum atomic E-state index is 12.1. The number of rotatable bonds is 6. The van der Waals surface area contributed by atoms with Crippen molar-refractivity contribution in [3.05, 3.63) is 29.6 Å². The first-order valence-corrected chi connectivity index (χ1v) is 6.61. The first kappa shape index (κ1) is 15.9. The maximum Gasteiger partial charge on any atom is 0.317 e. The molecule has 0 spiro atoms. The summed E-state index contributed by atoms with van der Waals surface area (Å²) in [5, 5.41) is 11.6. The van der Waals surface area contributed by atoms with E-state index in [-0.39, 0.29) is 18.5 Å². The van der Waals surface area contributed by atoms with E-state index in [1.807, 2.05) is 19.9 Å². The Morgan fingerprint density at radius 3 is 2.75 bits per heavy atom. The molecule has 2 N–H and O–H groups in total. The third-order valence-electron chi connectivity index (χ3n) is 3.17. The van der Waals surface area contributed by atoms with E-state index >= 15 is 0 Å². The molecule has 0 saturated heterocycles. The summed E-state index contributed by atoms with van der Waals surface area (Å²) >= 11 is 0. The molecule has 1 aromatic rings. The number of carbonyl (C=O) groups is 2. The largest absolute Gasteiger partial charge is 0.481 e. The number of nitrogens with zero attached hydrogens (tertiary/aromatic N) is 2. The summed E-state index contributed by atoms with van der Waals surface area (Å²) in [5.74, 6) is -0.909. The third kappa shape index (κ3) is 4.53. The third-order valence-corrected chi connectivity index (χ3v) is 3.17. The van der Waals surface area contributed by atoms with Crippen LogP contribution in [0.4, 0.5) is 4.79 Å². The summed E-state index contributed by atoms with van der Waals surface area (Å²) in [6, 6.07) is 1.26. The van der Waals surface area contributed by atoms with Gasteiger partial charge in [-0.3, -0.25) is 9.78 Å². The lowest BCUT2D eigenvalue weighted by molar-refractivity contribution is -0.138. The predicted molar refractivity (Wildman–Crippen MR) is 75.3 cm³/mol. The zero-order valence-electron chi connectivity index (χ0n) is 12.1. The predicted octanol–water partition coefficient (Wildman–Crippen LogP) is 1.78. The highest BCUT2D eigenvalue weighted by Crippen LogP contribution is 2.07. The van der Waals surface area contributed by atoms with Crippen molar-refractivity contribution < 1.29 is 14.7 Å². The normalized spacial score (nSPS) is 11.8. The Hall–Kier alpha value is -2.11. The number of aryl methyl sites for hydroxylation is 1. The van der Waals surface area contributed by atoms with Crippen LogP contribution in [0.15, 0.2) is 18.5 Å². The van der Waals surface area contributed by atoms with Crippen molar-refractivity contribution in [3.63, 3.8) is 0 Å². The Balaban J connectivity index is 2.60. The molecule has 1 unspecified atom stereocenters. The van der Waals surface area contributed by atoms with Crippen molar-refractivity contribution in [1.82, 2.24) is 15.2 Å². The molecule has 1 rings (SSSR count). The van der Waals surface area contributed by atoms with Gasteiger partial charge in [-0.2, -0.15) is 0 Å². The number of hydrogen-bond acceptors (Lipinski definition) is 3. The van der Waals surface area contributed by atoms with Crippen LogP contribution in [-0.4, -0.2) is 39.6 Å². The zero-order chi connectivity index (χ0) is 15.1. The minimum absolute atomic E-state index is 0.0600. The first-order chi connectivity index (χ1) is 9.45. The van der Waals surface area contributed by atoms with Crippen molar-refractivity contribution in [3.8, 4) is 0 Å². The molecule has 0 fully saturated rings. The van der Waals surface area contributed by atoms with Gasteiger partial charge in [0, 0.05) is 31.5 Å². The van der Waals surface area contributed by atoms with E-state index in [9.17, 15) is 9.59 Å². The highest BCUT2D eigenvalue weighted by atomic mass is 16.4. The van der Waals surface area contributed by atoms with E-state index < -0.39 is 5.97 Å². The summed E-state index contributed by atoms with van der Waals surface area (Å²) in [5.41, 5.74) is 2.00. The van der Waals surface area contributed by atoms with Crippen molar-refractivity contribution >= 4 is 12.0 Å². The van der Waals surface area contributed by atoms with E-state index in [1.165, 1.54) is 4.90 Å². The summed E-state index contributed by atoms with van der Waals surface area (Å²) in [6.45, 7) is 6.36. The average molecular weight is 279 g/mol. The zero-order valence-corrected chi connectivity index (χ0v) is 12.1. The van der Waals surface area contributed by atoms with Crippen LogP contribution in [0.25, 0.3) is 0 Å². The minimum atomic E-state index is -0.909. The topological polar surface area (TPSA) is 82.5 Å². The Kier molecular flexibility index (Phi) is 5.96. The molecule has 0 saturated carbocycles. The molecule has 0 aliphatic rings. The summed E-state index contributed by atoms with van der Waals surface area (Å²) in [4.78, 5) is 28.3. The van der Waals surface area contributed by atoms with Crippen molar-refractivity contribution in [1.29, 1.82) is 0 Å². The number of aliphatic carboxylic acids is 1. The van der Waals surface area contributed by atoms with Gasteiger partial charge in [-0.1, -0.05) is 0 Å². The number of nitrogens with one attached hydrogen (secondary N) is 1. The number of aromatic nitrogens is 1. The summed E-state index contributed by atoms with van der Waals surface area (Å²) in [6.07, 6.45) is 3.36. The van der Waals surface area contributed by atoms with Gasteiger partial charge in [-0.25, -0.2) is 4.79 Å². The van der Waals surface area contributed by atoms with Gasteiger partial charge in [0.2, 0.25) is 0 Å². The average Bonchev–Trinajstić information content (AvgIpc) is 2.37. The van der Waals surface area contributed by atoms with Crippen LogP contribution in [0, 0.1) is 6.92 Å². The van der Waals surface area contributed by atoms with Crippen molar-refractivity contribution in [2.75, 3.05) is 6.54 Å². The molecule has 6 heteroatoms. The van der Waals surface area contributed by atoms with Crippen molar-refractivity contribution in [2.45, 2.75) is 39.8 Å². The molecule has 0 aliphatic heterocycles. The number of carboxylic acid groups (broad SMARTS) is 1. The highest BCUT2D eigenvalue weighted by Gasteiger charge is 2.20. The lowest BCUT2D eigenvalue weighted by Gasteiger charge is -2.27. The molecule has 0 radical (unpaired) electrons. The number of hydrogen-bond donors (Lipinski definition) is 2. The van der Waals surface area contributed by atoms with Gasteiger partial charge >= 0.3 is 12.0 Å². The van der Waals surface area contributed by atoms with Crippen LogP contribution in [0.3, 0.4) is 0 Å². The number of pyridine rings is 1. The van der Waals surface area contributed by atoms with Gasteiger partial charge in [0.15, 0.2) is 0 Å². The van der Waals surface area contributed by atoms with E-state index in [4.69, 9.17) is 5.11 Å². The molecule has 1 aromatic heterocycles. The Morgan fingerprint density at radius 2 is 2.20 bits per heavy atom. The Morgan fingerprint density at radius 1 is 1.50 bits per heavy atom. The van der Waals surface area contributed by atoms with Crippen molar-refractivity contribution in [2.24, 2.45) is 0 Å². The first-order valence-electron chi connectivity index (χ1n) is 6.61. The molecule has 2 amide bonds. The van der Waals surface area contributed by atoms with Crippen LogP contribution >= 0.6 is 0 Å². The van der Waals surface area contributed by atoms with Gasteiger partial charge < -0.3 is 15.3 Å². The fourth-order valence-electron chi connectivity index (χ4n) is 1.99. The van der Waals surface area contributed by atoms with Crippen LogP contribution in [0.5, 0.6) is 0 Å². The molecule has 110 valence electrons. The summed E-state index contributed by atoms with van der Waals surface area (Å²) in [7, 11) is 0. The molecule has 20 heavy (non-hydrogen) atoms. The van der Waals surface area contributed by atoms with Crippen LogP contribution < -0.4 is 5.32 Å². The maximum absolute atomic E-state index is 12.1. The fourth-order valence-corrected chi connectivity index (χ4v) is 1.99. The molecule has 6 nitrogen and oxygen atoms in total. The lowest BCUT2D eigenvalue weighted by atomic mass is 10.1. The van der Waals surface area contributed by atoms with Gasteiger partial charge in [0.05, 0.1) is 6.42 Å². The second-order valence-corrected chi connectivity index (χ2v) is 4.69. The highest BCUT2D eigenvalue weighted by molar-refractivity contribution is 5.75. The lowest BCUT2D eigenvalue weighted by Crippen LogP contribution is -2.45. The van der Waals surface area contributed by atoms with Gasteiger partial charge in [-0.15, -0.1) is 0 Å². The van der Waals surface area contributed by atoms with Crippen LogP contribution in [-0.2, 0) is 11.3 Å². The Labute approximate surface area is 118 Å². The second kappa shape index (κ2) is 7.47. The molecule has 1 heterocycles. The fraction of sp³-hybridized carbons (Fsp3) is 0.500. The van der Waals surface area contributed by atoms with E-state index in [0.717, 1.165) is 11.1 Å². The van der Waals surface area contributed by atoms with Crippen LogP contribution in [0.2, 0.25) is 0 Å². The number of carbonyl (C=O) groups excluding carboxylic acids is 1. The molecular weight excluding hydrogens is 258 g/mol. The summed E-state index contributed by atoms with van der Waals surface area (Å²) < 4.78 is 0. The molecule has 0 aromatic carbocycles. The second-order valence-electron chi connectivity index (χ2n) is 4.69. The molecular formula is C14H21N3O3. The quantitative estimate of drug-likeness (QED) is 0.831. The molecule has 1 atom stereocenters. The minimum Gasteiger partial charge on any atom is -0.481 e. The molecule has 0 bridgehead atoms. The van der Waals surface area contributed by atoms with E-state index in [0.29, 0.717) is 13.1 Å². The van der Waals surface area contributed by atoms with E-state index in [1.54, 1.807) is 19.3 Å². The van der Waals surface area contributed by atoms with Gasteiger partial charge in [-0.05, 0) is 38.0 Å². The van der Waals surface area contributed by atoms with E-state index in [2.05, 4.69) is 10.3 Å². The monoisotopic (exact) mass is 279 g/mol.